The van der Waals surface area contributed by atoms with E-state index in [4.69, 9.17) is 21.3 Å². The van der Waals surface area contributed by atoms with Gasteiger partial charge in [-0.05, 0) is 55.2 Å². The van der Waals surface area contributed by atoms with Crippen LogP contribution in [0.25, 0.3) is 0 Å². The van der Waals surface area contributed by atoms with E-state index >= 15 is 0 Å². The number of hydrogen-bond acceptors (Lipinski definition) is 5. The Morgan fingerprint density at radius 2 is 1.71 bits per heavy atom. The molecule has 0 amide bonds. The van der Waals surface area contributed by atoms with Gasteiger partial charge in [-0.15, -0.1) is 0 Å². The number of nitrogens with one attached hydrogen (secondary N) is 2. The van der Waals surface area contributed by atoms with Gasteiger partial charge in [-0.3, -0.25) is 10.8 Å². The van der Waals surface area contributed by atoms with E-state index in [1.165, 1.54) is 0 Å². The summed E-state index contributed by atoms with van der Waals surface area (Å²) < 4.78 is 5.69. The molecule has 3 rings (SSSR count). The highest BCUT2D eigenvalue weighted by atomic mass is 16.5. The summed E-state index contributed by atoms with van der Waals surface area (Å²) in [5, 5.41) is 16.0. The van der Waals surface area contributed by atoms with E-state index < -0.39 is 6.04 Å². The second-order valence-electron chi connectivity index (χ2n) is 8.25. The Morgan fingerprint density at radius 3 is 2.29 bits per heavy atom. The van der Waals surface area contributed by atoms with Gasteiger partial charge in [-0.1, -0.05) is 26.0 Å². The van der Waals surface area contributed by atoms with Crippen LogP contribution in [-0.2, 0) is 4.79 Å². The van der Waals surface area contributed by atoms with Crippen molar-refractivity contribution in [3.05, 3.63) is 59.7 Å². The van der Waals surface area contributed by atoms with Crippen molar-refractivity contribution in [2.45, 2.75) is 32.7 Å². The van der Waals surface area contributed by atoms with Crippen LogP contribution in [0, 0.1) is 16.7 Å². The maximum absolute atomic E-state index is 13.0. The van der Waals surface area contributed by atoms with E-state index in [2.05, 4.69) is 4.90 Å². The van der Waals surface area contributed by atoms with Crippen LogP contribution in [0.5, 0.6) is 5.75 Å². The third kappa shape index (κ3) is 5.23. The number of carbonyl (C=O) groups is 1. The second-order valence-corrected chi connectivity index (χ2v) is 8.25. The lowest BCUT2D eigenvalue weighted by Gasteiger charge is -2.31. The molecule has 0 unspecified atom stereocenters. The molecule has 2 aromatic rings. The first-order valence-electron chi connectivity index (χ1n) is 10.6. The number of amidine groups is 2. The summed E-state index contributed by atoms with van der Waals surface area (Å²) in [5.74, 6) is 0.604. The number of likely N-dealkylation sites (tertiary alicyclic amines) is 1. The van der Waals surface area contributed by atoms with Crippen LogP contribution in [-0.4, -0.2) is 48.7 Å². The van der Waals surface area contributed by atoms with Gasteiger partial charge in [0.25, 0.3) is 0 Å². The highest BCUT2D eigenvalue weighted by molar-refractivity contribution is 5.97. The van der Waals surface area contributed by atoms with Crippen LogP contribution in [0.4, 0.5) is 5.69 Å². The summed E-state index contributed by atoms with van der Waals surface area (Å²) in [4.78, 5) is 17.0. The molecule has 0 aromatic heterocycles. The summed E-state index contributed by atoms with van der Waals surface area (Å²) in [6.07, 6.45) is 2.25. The molecule has 1 aliphatic rings. The van der Waals surface area contributed by atoms with Crippen molar-refractivity contribution in [1.29, 1.82) is 10.8 Å². The summed E-state index contributed by atoms with van der Waals surface area (Å²) in [7, 11) is 1.84. The normalized spacial score (nSPS) is 14.4. The quantitative estimate of drug-likeness (QED) is 0.275. The molecule has 1 aliphatic heterocycles. The molecule has 0 saturated carbocycles. The average molecular weight is 422 g/mol. The molecule has 4 N–H and O–H groups in total. The zero-order chi connectivity index (χ0) is 22.5. The highest BCUT2D eigenvalue weighted by Gasteiger charge is 2.29. The zero-order valence-corrected chi connectivity index (χ0v) is 18.4. The van der Waals surface area contributed by atoms with Crippen LogP contribution in [0.15, 0.2) is 48.5 Å². The van der Waals surface area contributed by atoms with E-state index in [0.29, 0.717) is 17.1 Å². The maximum atomic E-state index is 13.0. The molecule has 31 heavy (non-hydrogen) atoms. The predicted octanol–water partition coefficient (Wildman–Crippen LogP) is 3.46. The van der Waals surface area contributed by atoms with Crippen molar-refractivity contribution in [1.82, 2.24) is 4.90 Å². The SMILES string of the molecule is CC(C)[C@@H](C(=O)Oc1ccc(C(=N)N2CCCC2)cc1)N(C)c1cccc(C(=N)N)c1. The van der Waals surface area contributed by atoms with Gasteiger partial charge in [0.1, 0.15) is 23.5 Å². The lowest BCUT2D eigenvalue weighted by Crippen LogP contribution is -2.45. The number of rotatable bonds is 7. The molecular formula is C24H31N5O2. The Hall–Kier alpha value is -3.35. The summed E-state index contributed by atoms with van der Waals surface area (Å²) in [6.45, 7) is 5.78. The third-order valence-corrected chi connectivity index (χ3v) is 5.62. The maximum Gasteiger partial charge on any atom is 0.334 e. The van der Waals surface area contributed by atoms with Crippen LogP contribution >= 0.6 is 0 Å². The number of nitrogens with zero attached hydrogens (tertiary/aromatic N) is 2. The van der Waals surface area contributed by atoms with Gasteiger partial charge in [0.2, 0.25) is 0 Å². The van der Waals surface area contributed by atoms with Crippen LogP contribution in [0.1, 0.15) is 37.8 Å². The molecule has 1 heterocycles. The number of anilines is 1. The van der Waals surface area contributed by atoms with Crippen molar-refractivity contribution in [3.63, 3.8) is 0 Å². The topological polar surface area (TPSA) is 107 Å². The number of ether oxygens (including phenoxy) is 1. The zero-order valence-electron chi connectivity index (χ0n) is 18.4. The van der Waals surface area contributed by atoms with Crippen molar-refractivity contribution in [3.8, 4) is 5.75 Å². The van der Waals surface area contributed by atoms with Gasteiger partial charge >= 0.3 is 5.97 Å². The van der Waals surface area contributed by atoms with Gasteiger partial charge in [-0.2, -0.15) is 0 Å². The largest absolute Gasteiger partial charge is 0.425 e. The molecule has 1 fully saturated rings. The van der Waals surface area contributed by atoms with E-state index in [9.17, 15) is 4.79 Å². The van der Waals surface area contributed by atoms with Crippen molar-refractivity contribution in [2.75, 3.05) is 25.0 Å². The number of nitrogen functional groups attached to an aromatic ring is 1. The standard InChI is InChI=1S/C24H31N5O2/c1-16(2)21(28(3)19-8-6-7-18(15-19)22(25)26)24(30)31-20-11-9-17(10-12-20)23(27)29-13-4-5-14-29/h6-12,15-16,21,27H,4-5,13-14H2,1-3H3,(H3,25,26)/t21-/m0/s1. The van der Waals surface area contributed by atoms with Crippen molar-refractivity contribution in [2.24, 2.45) is 11.7 Å². The number of nitrogens with two attached hydrogens (primary N) is 1. The lowest BCUT2D eigenvalue weighted by molar-refractivity contribution is -0.136. The van der Waals surface area contributed by atoms with Gasteiger partial charge in [0, 0.05) is 37.0 Å². The predicted molar refractivity (Wildman–Crippen MR) is 124 cm³/mol. The minimum atomic E-state index is -0.509. The first kappa shape index (κ1) is 22.3. The van der Waals surface area contributed by atoms with Gasteiger partial charge in [0.05, 0.1) is 0 Å². The minimum Gasteiger partial charge on any atom is -0.425 e. The highest BCUT2D eigenvalue weighted by Crippen LogP contribution is 2.23. The number of carbonyl (C=O) groups excluding carboxylic acids is 1. The average Bonchev–Trinajstić information content (AvgIpc) is 3.28. The Morgan fingerprint density at radius 1 is 1.06 bits per heavy atom. The molecule has 0 aliphatic carbocycles. The molecular weight excluding hydrogens is 390 g/mol. The Kier molecular flexibility index (Phi) is 6.95. The third-order valence-electron chi connectivity index (χ3n) is 5.62. The monoisotopic (exact) mass is 421 g/mol. The van der Waals surface area contributed by atoms with Crippen LogP contribution in [0.2, 0.25) is 0 Å². The van der Waals surface area contributed by atoms with E-state index in [-0.39, 0.29) is 17.7 Å². The second kappa shape index (κ2) is 9.64. The summed E-state index contributed by atoms with van der Waals surface area (Å²) in [6, 6.07) is 13.9. The first-order chi connectivity index (χ1) is 14.8. The van der Waals surface area contributed by atoms with E-state index in [0.717, 1.165) is 37.2 Å². The number of esters is 1. The summed E-state index contributed by atoms with van der Waals surface area (Å²) in [5.41, 5.74) is 7.83. The fourth-order valence-corrected chi connectivity index (χ4v) is 3.91. The van der Waals surface area contributed by atoms with Crippen LogP contribution in [0.3, 0.4) is 0 Å². The number of hydrogen-bond donors (Lipinski definition) is 3. The van der Waals surface area contributed by atoms with E-state index in [1.54, 1.807) is 24.3 Å². The summed E-state index contributed by atoms with van der Waals surface area (Å²) >= 11 is 0. The molecule has 7 nitrogen and oxygen atoms in total. The molecule has 164 valence electrons. The Labute approximate surface area is 183 Å². The molecule has 0 spiro atoms. The lowest BCUT2D eigenvalue weighted by atomic mass is 10.0. The Balaban J connectivity index is 1.72. The molecule has 1 atom stereocenters. The van der Waals surface area contributed by atoms with E-state index in [1.807, 2.05) is 50.1 Å². The number of benzene rings is 2. The molecule has 2 aromatic carbocycles. The molecule has 0 radical (unpaired) electrons. The fraction of sp³-hybridized carbons (Fsp3) is 0.375. The molecule has 1 saturated heterocycles. The van der Waals surface area contributed by atoms with Gasteiger partial charge in [-0.25, -0.2) is 4.79 Å². The Bertz CT molecular complexity index is 949. The first-order valence-corrected chi connectivity index (χ1v) is 10.6. The minimum absolute atomic E-state index is 0.00102. The number of likely N-dealkylation sites (N-methyl/N-ethyl adjacent to an activating group) is 1. The molecule has 0 bridgehead atoms. The molecule has 7 heteroatoms. The van der Waals surface area contributed by atoms with Crippen LogP contribution < -0.4 is 15.4 Å². The van der Waals surface area contributed by atoms with Gasteiger partial charge in [0.15, 0.2) is 0 Å². The van der Waals surface area contributed by atoms with Crippen molar-refractivity contribution < 1.29 is 9.53 Å². The fourth-order valence-electron chi connectivity index (χ4n) is 3.91. The smallest absolute Gasteiger partial charge is 0.334 e. The van der Waals surface area contributed by atoms with Gasteiger partial charge < -0.3 is 20.3 Å². The van der Waals surface area contributed by atoms with Crippen molar-refractivity contribution >= 4 is 23.3 Å².